The molecule has 1 fully saturated rings. The topological polar surface area (TPSA) is 59.5 Å². The van der Waals surface area contributed by atoms with Crippen LogP contribution >= 0.6 is 22.6 Å². The maximum Gasteiger partial charge on any atom is 0.261 e. The van der Waals surface area contributed by atoms with E-state index >= 15 is 0 Å². The molecule has 1 aromatic heterocycles. The van der Waals surface area contributed by atoms with Crippen LogP contribution in [-0.2, 0) is 14.3 Å². The summed E-state index contributed by atoms with van der Waals surface area (Å²) in [6.45, 7) is -0.140. The van der Waals surface area contributed by atoms with Crippen molar-refractivity contribution >= 4 is 40.2 Å². The number of amides is 2. The molecule has 0 unspecified atom stereocenters. The normalized spacial score (nSPS) is 17.0. The summed E-state index contributed by atoms with van der Waals surface area (Å²) >= 11 is 2.10. The molecule has 0 spiro atoms. The Morgan fingerprint density at radius 2 is 1.93 bits per heavy atom. The number of pyridine rings is 1. The quantitative estimate of drug-likeness (QED) is 0.561. The van der Waals surface area contributed by atoms with Gasteiger partial charge in [-0.15, -0.1) is 0 Å². The van der Waals surface area contributed by atoms with E-state index < -0.39 is 0 Å². The molecule has 0 bridgehead atoms. The molecule has 0 atom stereocenters. The van der Waals surface area contributed by atoms with Crippen LogP contribution in [0.2, 0.25) is 0 Å². The minimum absolute atomic E-state index is 0.0700. The highest BCUT2D eigenvalue weighted by Crippen LogP contribution is 2.15. The summed E-state index contributed by atoms with van der Waals surface area (Å²) in [4.78, 5) is 27.9. The number of carbonyl (C=O) groups excluding carboxylic acids is 2. The minimum atomic E-state index is -0.375. The lowest BCUT2D eigenvalue weighted by atomic mass is 10.3. The smallest absolute Gasteiger partial charge is 0.261 e. The molecule has 1 aromatic rings. The van der Waals surface area contributed by atoms with Crippen LogP contribution in [0.1, 0.15) is 0 Å². The predicted molar refractivity (Wildman–Crippen MR) is 60.3 cm³/mol. The number of hydrogen-bond donors (Lipinski definition) is 0. The third kappa shape index (κ3) is 2.15. The molecular weight excluding hydrogens is 311 g/mol. The van der Waals surface area contributed by atoms with E-state index in [9.17, 15) is 9.59 Å². The largest absolute Gasteiger partial charge is 0.362 e. The summed E-state index contributed by atoms with van der Waals surface area (Å²) in [6.07, 6.45) is 1.60. The lowest BCUT2D eigenvalue weighted by molar-refractivity contribution is -0.138. The fourth-order valence-corrected chi connectivity index (χ4v) is 1.57. The third-order valence-electron chi connectivity index (χ3n) is 1.89. The van der Waals surface area contributed by atoms with Crippen LogP contribution in [0.3, 0.4) is 0 Å². The lowest BCUT2D eigenvalue weighted by Crippen LogP contribution is -2.46. The molecule has 2 rings (SSSR count). The number of halogens is 1. The average Bonchev–Trinajstić information content (AvgIpc) is 2.20. The van der Waals surface area contributed by atoms with E-state index in [1.165, 1.54) is 0 Å². The molecule has 2 amide bonds. The number of carbonyl (C=O) groups is 2. The molecule has 0 saturated carbocycles. The van der Waals surface area contributed by atoms with E-state index in [0.29, 0.717) is 5.82 Å². The Morgan fingerprint density at radius 1 is 1.27 bits per heavy atom. The lowest BCUT2D eigenvalue weighted by Gasteiger charge is -2.23. The molecule has 5 nitrogen and oxygen atoms in total. The number of rotatable bonds is 1. The van der Waals surface area contributed by atoms with E-state index in [-0.39, 0.29) is 25.0 Å². The molecule has 0 aliphatic carbocycles. The van der Waals surface area contributed by atoms with Gasteiger partial charge >= 0.3 is 0 Å². The van der Waals surface area contributed by atoms with Gasteiger partial charge in [-0.1, -0.05) is 0 Å². The molecule has 1 aliphatic heterocycles. The van der Waals surface area contributed by atoms with Crippen molar-refractivity contribution in [3.8, 4) is 0 Å². The Balaban J connectivity index is 2.31. The molecule has 0 aromatic carbocycles. The summed E-state index contributed by atoms with van der Waals surface area (Å²) in [5.41, 5.74) is 0. The summed E-state index contributed by atoms with van der Waals surface area (Å²) < 4.78 is 5.75. The van der Waals surface area contributed by atoms with E-state index in [1.807, 2.05) is 0 Å². The molecule has 0 N–H and O–H groups in total. The van der Waals surface area contributed by atoms with Crippen LogP contribution in [0.25, 0.3) is 0 Å². The molecule has 0 radical (unpaired) electrons. The van der Waals surface area contributed by atoms with Gasteiger partial charge in [-0.05, 0) is 34.7 Å². The SMILES string of the molecule is O=C1COCC(=O)N1c1ccc(I)cn1. The van der Waals surface area contributed by atoms with Gasteiger partial charge in [-0.25, -0.2) is 9.88 Å². The zero-order valence-corrected chi connectivity index (χ0v) is 9.80. The van der Waals surface area contributed by atoms with Crippen LogP contribution in [0.15, 0.2) is 18.3 Å². The van der Waals surface area contributed by atoms with Gasteiger partial charge in [-0.3, -0.25) is 9.59 Å². The Kier molecular flexibility index (Phi) is 2.96. The minimum Gasteiger partial charge on any atom is -0.362 e. The van der Waals surface area contributed by atoms with Crippen LogP contribution < -0.4 is 4.90 Å². The summed E-state index contributed by atoms with van der Waals surface area (Å²) in [7, 11) is 0. The van der Waals surface area contributed by atoms with Gasteiger partial charge in [0.05, 0.1) is 0 Å². The zero-order valence-electron chi connectivity index (χ0n) is 7.64. The maximum atomic E-state index is 11.4. The summed E-state index contributed by atoms with van der Waals surface area (Å²) in [6, 6.07) is 3.43. The standard InChI is InChI=1S/C9H7IN2O3/c10-6-1-2-7(11-3-6)12-8(13)4-15-5-9(12)14/h1-3H,4-5H2. The second kappa shape index (κ2) is 4.23. The van der Waals surface area contributed by atoms with Crippen molar-refractivity contribution in [2.75, 3.05) is 18.1 Å². The van der Waals surface area contributed by atoms with E-state index in [2.05, 4.69) is 27.6 Å². The van der Waals surface area contributed by atoms with Gasteiger partial charge in [0, 0.05) is 9.77 Å². The fourth-order valence-electron chi connectivity index (χ4n) is 1.25. The molecular formula is C9H7IN2O3. The average molecular weight is 318 g/mol. The number of anilines is 1. The summed E-state index contributed by atoms with van der Waals surface area (Å²) in [5, 5.41) is 0. The molecule has 1 saturated heterocycles. The Labute approximate surface area is 99.6 Å². The fraction of sp³-hybridized carbons (Fsp3) is 0.222. The summed E-state index contributed by atoms with van der Waals surface area (Å²) in [5.74, 6) is -0.395. The Bertz CT molecular complexity index is 388. The Hall–Kier alpha value is -1.02. The second-order valence-electron chi connectivity index (χ2n) is 2.95. The number of imide groups is 1. The van der Waals surface area contributed by atoms with Crippen molar-refractivity contribution in [3.05, 3.63) is 21.9 Å². The van der Waals surface area contributed by atoms with Crippen molar-refractivity contribution in [2.24, 2.45) is 0 Å². The molecule has 2 heterocycles. The number of ether oxygens (including phenoxy) is 1. The monoisotopic (exact) mass is 318 g/mol. The highest BCUT2D eigenvalue weighted by atomic mass is 127. The first-order valence-electron chi connectivity index (χ1n) is 4.23. The second-order valence-corrected chi connectivity index (χ2v) is 4.20. The molecule has 78 valence electrons. The number of hydrogen-bond acceptors (Lipinski definition) is 4. The van der Waals surface area contributed by atoms with E-state index in [0.717, 1.165) is 8.47 Å². The molecule has 6 heteroatoms. The Morgan fingerprint density at radius 3 is 2.47 bits per heavy atom. The maximum absolute atomic E-state index is 11.4. The number of aromatic nitrogens is 1. The first-order valence-corrected chi connectivity index (χ1v) is 5.31. The van der Waals surface area contributed by atoms with Gasteiger partial charge in [0.1, 0.15) is 19.0 Å². The zero-order chi connectivity index (χ0) is 10.8. The van der Waals surface area contributed by atoms with Crippen LogP contribution in [0.5, 0.6) is 0 Å². The van der Waals surface area contributed by atoms with Crippen LogP contribution in [0.4, 0.5) is 5.82 Å². The third-order valence-corrected chi connectivity index (χ3v) is 2.53. The number of morpholine rings is 1. The van der Waals surface area contributed by atoms with Crippen molar-refractivity contribution in [1.29, 1.82) is 0 Å². The van der Waals surface area contributed by atoms with Crippen molar-refractivity contribution in [3.63, 3.8) is 0 Å². The van der Waals surface area contributed by atoms with Gasteiger partial charge < -0.3 is 4.74 Å². The van der Waals surface area contributed by atoms with Crippen LogP contribution in [0, 0.1) is 3.57 Å². The van der Waals surface area contributed by atoms with Gasteiger partial charge in [-0.2, -0.15) is 0 Å². The highest BCUT2D eigenvalue weighted by Gasteiger charge is 2.28. The van der Waals surface area contributed by atoms with Gasteiger partial charge in [0.15, 0.2) is 0 Å². The molecule has 15 heavy (non-hydrogen) atoms. The first kappa shape index (κ1) is 10.5. The van der Waals surface area contributed by atoms with E-state index in [4.69, 9.17) is 4.74 Å². The first-order chi connectivity index (χ1) is 7.18. The molecule has 1 aliphatic rings. The number of nitrogens with zero attached hydrogens (tertiary/aromatic N) is 2. The van der Waals surface area contributed by atoms with E-state index in [1.54, 1.807) is 18.3 Å². The van der Waals surface area contributed by atoms with Crippen LogP contribution in [-0.4, -0.2) is 30.0 Å². The van der Waals surface area contributed by atoms with Crippen molar-refractivity contribution in [2.45, 2.75) is 0 Å². The predicted octanol–water partition coefficient (Wildman–Crippen LogP) is 0.576. The highest BCUT2D eigenvalue weighted by molar-refractivity contribution is 14.1. The van der Waals surface area contributed by atoms with Crippen molar-refractivity contribution in [1.82, 2.24) is 4.98 Å². The van der Waals surface area contributed by atoms with Crippen molar-refractivity contribution < 1.29 is 14.3 Å². The van der Waals surface area contributed by atoms with Gasteiger partial charge in [0.25, 0.3) is 11.8 Å². The van der Waals surface area contributed by atoms with Gasteiger partial charge in [0.2, 0.25) is 0 Å².